The fourth-order valence-electron chi connectivity index (χ4n) is 2.52. The zero-order valence-corrected chi connectivity index (χ0v) is 14.2. The Morgan fingerprint density at radius 1 is 1.45 bits per heavy atom. The summed E-state index contributed by atoms with van der Waals surface area (Å²) in [5.74, 6) is 0. The smallest absolute Gasteiger partial charge is 0.136 e. The highest BCUT2D eigenvalue weighted by Crippen LogP contribution is 2.32. The maximum atomic E-state index is 6.05. The molecule has 1 saturated heterocycles. The van der Waals surface area contributed by atoms with Crippen molar-refractivity contribution in [3.8, 4) is 0 Å². The van der Waals surface area contributed by atoms with E-state index in [-0.39, 0.29) is 11.6 Å². The molecule has 1 heterocycles. The molecule has 0 radical (unpaired) electrons. The quantitative estimate of drug-likeness (QED) is 0.823. The fourth-order valence-corrected chi connectivity index (χ4v) is 2.52. The van der Waals surface area contributed by atoms with Crippen LogP contribution in [0.25, 0.3) is 0 Å². The van der Waals surface area contributed by atoms with E-state index in [0.29, 0.717) is 0 Å². The molecule has 120 valence electrons. The van der Waals surface area contributed by atoms with Gasteiger partial charge in [-0.1, -0.05) is 51.6 Å². The third kappa shape index (κ3) is 3.99. The summed E-state index contributed by atoms with van der Waals surface area (Å²) in [6.45, 7) is 12.4. The summed E-state index contributed by atoms with van der Waals surface area (Å²) >= 11 is 0. The number of para-hydroxylation sites is 1. The van der Waals surface area contributed by atoms with Crippen LogP contribution in [-0.4, -0.2) is 20.2 Å². The molecule has 1 aliphatic heterocycles. The Hall–Kier alpha value is -1.58. The summed E-state index contributed by atoms with van der Waals surface area (Å²) in [5.41, 5.74) is 3.45. The summed E-state index contributed by atoms with van der Waals surface area (Å²) < 4.78 is 6.05. The van der Waals surface area contributed by atoms with Crippen molar-refractivity contribution in [2.45, 2.75) is 33.4 Å². The van der Waals surface area contributed by atoms with Gasteiger partial charge in [-0.3, -0.25) is 5.32 Å². The summed E-state index contributed by atoms with van der Waals surface area (Å²) in [6, 6.07) is 8.35. The first-order valence-corrected chi connectivity index (χ1v) is 7.98. The van der Waals surface area contributed by atoms with Crippen molar-refractivity contribution in [3.05, 3.63) is 54.3 Å². The van der Waals surface area contributed by atoms with Gasteiger partial charge in [-0.15, -0.1) is 0 Å². The Kier molecular flexibility index (Phi) is 5.43. The van der Waals surface area contributed by atoms with Crippen LogP contribution in [0, 0.1) is 5.41 Å². The third-order valence-corrected chi connectivity index (χ3v) is 3.96. The lowest BCUT2D eigenvalue weighted by atomic mass is 9.93. The highest BCUT2D eigenvalue weighted by molar-refractivity contribution is 5.59. The Balaban J connectivity index is 2.20. The number of likely N-dealkylation sites (N-methyl/N-ethyl adjacent to an activating group) is 1. The number of anilines is 1. The highest BCUT2D eigenvalue weighted by Gasteiger charge is 2.29. The molecule has 0 saturated carbocycles. The van der Waals surface area contributed by atoms with Crippen molar-refractivity contribution in [1.82, 2.24) is 5.32 Å². The van der Waals surface area contributed by atoms with Gasteiger partial charge in [0.2, 0.25) is 0 Å². The molecule has 22 heavy (non-hydrogen) atoms. The lowest BCUT2D eigenvalue weighted by Gasteiger charge is -2.37. The summed E-state index contributed by atoms with van der Waals surface area (Å²) in [4.78, 5) is 2.12. The number of ether oxygens (including phenoxy) is 1. The van der Waals surface area contributed by atoms with Crippen molar-refractivity contribution in [3.63, 3.8) is 0 Å². The minimum Gasteiger partial charge on any atom is -0.358 e. The molecule has 3 nitrogen and oxygen atoms in total. The first-order valence-electron chi connectivity index (χ1n) is 7.98. The first-order chi connectivity index (χ1) is 10.4. The molecule has 1 aliphatic rings. The van der Waals surface area contributed by atoms with Crippen molar-refractivity contribution in [1.29, 1.82) is 0 Å². The first kappa shape index (κ1) is 16.8. The van der Waals surface area contributed by atoms with Gasteiger partial charge in [0, 0.05) is 36.0 Å². The van der Waals surface area contributed by atoms with E-state index in [4.69, 9.17) is 4.74 Å². The van der Waals surface area contributed by atoms with E-state index in [1.54, 1.807) is 0 Å². The van der Waals surface area contributed by atoms with Gasteiger partial charge in [0.1, 0.15) is 6.23 Å². The maximum absolute atomic E-state index is 6.05. The van der Waals surface area contributed by atoms with Gasteiger partial charge in [0.15, 0.2) is 0 Å². The van der Waals surface area contributed by atoms with Crippen LogP contribution in [0.4, 0.5) is 5.69 Å². The zero-order chi connectivity index (χ0) is 16.2. The normalized spacial score (nSPS) is 21.0. The molecule has 1 aromatic rings. The lowest BCUT2D eigenvalue weighted by Crippen LogP contribution is -2.43. The molecule has 1 fully saturated rings. The molecule has 0 aromatic heterocycles. The van der Waals surface area contributed by atoms with Crippen LogP contribution in [-0.2, 0) is 4.74 Å². The summed E-state index contributed by atoms with van der Waals surface area (Å²) in [6.07, 6.45) is 5.14. The third-order valence-electron chi connectivity index (χ3n) is 3.96. The SMILES string of the molecule is C=C(C=CCC)N(C)c1ccccc1C1NCC(C)(C)CO1. The number of nitrogens with one attached hydrogen (secondary N) is 1. The number of benzene rings is 1. The average Bonchev–Trinajstić information content (AvgIpc) is 2.52. The van der Waals surface area contributed by atoms with Gasteiger partial charge in [-0.2, -0.15) is 0 Å². The molecule has 0 bridgehead atoms. The van der Waals surface area contributed by atoms with E-state index in [2.05, 4.69) is 74.0 Å². The Morgan fingerprint density at radius 3 is 2.82 bits per heavy atom. The van der Waals surface area contributed by atoms with Crippen LogP contribution < -0.4 is 10.2 Å². The monoisotopic (exact) mass is 300 g/mol. The topological polar surface area (TPSA) is 24.5 Å². The van der Waals surface area contributed by atoms with Gasteiger partial charge in [-0.25, -0.2) is 0 Å². The Morgan fingerprint density at radius 2 is 2.18 bits per heavy atom. The van der Waals surface area contributed by atoms with Crippen molar-refractivity contribution >= 4 is 5.69 Å². The van der Waals surface area contributed by atoms with Crippen LogP contribution in [0.1, 0.15) is 39.0 Å². The van der Waals surface area contributed by atoms with Crippen LogP contribution in [0.2, 0.25) is 0 Å². The molecule has 0 aliphatic carbocycles. The van der Waals surface area contributed by atoms with Crippen molar-refractivity contribution in [2.24, 2.45) is 5.41 Å². The van der Waals surface area contributed by atoms with E-state index < -0.39 is 0 Å². The standard InChI is InChI=1S/C19H28N2O/c1-6-7-10-15(2)21(5)17-12-9-8-11-16(17)18-20-13-19(3,4)14-22-18/h7-12,18,20H,2,6,13-14H2,1,3-5H3. The highest BCUT2D eigenvalue weighted by atomic mass is 16.5. The average molecular weight is 300 g/mol. The van der Waals surface area contributed by atoms with Crippen LogP contribution in [0.3, 0.4) is 0 Å². The minimum absolute atomic E-state index is 0.0605. The predicted octanol–water partition coefficient (Wildman–Crippen LogP) is 4.25. The number of nitrogens with zero attached hydrogens (tertiary/aromatic N) is 1. The van der Waals surface area contributed by atoms with Gasteiger partial charge in [-0.05, 0) is 18.6 Å². The number of hydrogen-bond donors (Lipinski definition) is 1. The second kappa shape index (κ2) is 7.12. The number of hydrogen-bond acceptors (Lipinski definition) is 3. The zero-order valence-electron chi connectivity index (χ0n) is 14.2. The van der Waals surface area contributed by atoms with E-state index >= 15 is 0 Å². The molecule has 3 heteroatoms. The van der Waals surface area contributed by atoms with Gasteiger partial charge >= 0.3 is 0 Å². The van der Waals surface area contributed by atoms with E-state index in [1.807, 2.05) is 7.05 Å². The van der Waals surface area contributed by atoms with E-state index in [1.165, 1.54) is 0 Å². The van der Waals surface area contributed by atoms with Crippen LogP contribution >= 0.6 is 0 Å². The summed E-state index contributed by atoms with van der Waals surface area (Å²) in [5, 5.41) is 3.51. The van der Waals surface area contributed by atoms with Gasteiger partial charge in [0.05, 0.1) is 6.61 Å². The second-order valence-corrected chi connectivity index (χ2v) is 6.66. The number of rotatable bonds is 5. The fraction of sp³-hybridized carbons (Fsp3) is 0.474. The molecule has 1 aromatic carbocycles. The van der Waals surface area contributed by atoms with E-state index in [9.17, 15) is 0 Å². The van der Waals surface area contributed by atoms with Crippen LogP contribution in [0.5, 0.6) is 0 Å². The maximum Gasteiger partial charge on any atom is 0.136 e. The van der Waals surface area contributed by atoms with Crippen molar-refractivity contribution in [2.75, 3.05) is 25.1 Å². The molecule has 1 atom stereocenters. The molecule has 0 amide bonds. The van der Waals surface area contributed by atoms with Gasteiger partial charge in [0.25, 0.3) is 0 Å². The van der Waals surface area contributed by atoms with Crippen molar-refractivity contribution < 1.29 is 4.74 Å². The molecule has 2 rings (SSSR count). The predicted molar refractivity (Wildman–Crippen MR) is 93.9 cm³/mol. The molecular weight excluding hydrogens is 272 g/mol. The largest absolute Gasteiger partial charge is 0.358 e. The van der Waals surface area contributed by atoms with E-state index in [0.717, 1.165) is 36.5 Å². The minimum atomic E-state index is -0.0605. The molecule has 1 unspecified atom stereocenters. The van der Waals surface area contributed by atoms with Gasteiger partial charge < -0.3 is 9.64 Å². The molecule has 0 spiro atoms. The van der Waals surface area contributed by atoms with Crippen LogP contribution in [0.15, 0.2) is 48.7 Å². The second-order valence-electron chi connectivity index (χ2n) is 6.66. The summed E-state index contributed by atoms with van der Waals surface area (Å²) in [7, 11) is 2.05. The number of allylic oxidation sites excluding steroid dienone is 2. The lowest BCUT2D eigenvalue weighted by molar-refractivity contribution is -0.0592. The Bertz CT molecular complexity index is 538. The Labute approximate surface area is 134 Å². The molecular formula is C19H28N2O. The molecule has 1 N–H and O–H groups in total.